The number of aliphatic carboxylic acids is 1. The molecule has 5 N–H and O–H groups in total. The Balaban J connectivity index is 2.10. The van der Waals surface area contributed by atoms with Crippen LogP contribution in [0.25, 0.3) is 10.3 Å². The first kappa shape index (κ1) is 19.5. The zero-order chi connectivity index (χ0) is 19.9. The maximum absolute atomic E-state index is 12.6. The smallest absolute Gasteiger partial charge is 0.311 e. The molecule has 0 aromatic carbocycles. The van der Waals surface area contributed by atoms with Crippen molar-refractivity contribution in [2.75, 3.05) is 5.73 Å². The van der Waals surface area contributed by atoms with Crippen molar-refractivity contribution in [3.05, 3.63) is 20.0 Å². The second kappa shape index (κ2) is 7.41. The van der Waals surface area contributed by atoms with Crippen molar-refractivity contribution in [3.8, 4) is 0 Å². The fraction of sp³-hybridized carbons (Fsp3) is 0.625. The summed E-state index contributed by atoms with van der Waals surface area (Å²) in [5.41, 5.74) is 5.21. The van der Waals surface area contributed by atoms with E-state index in [9.17, 15) is 19.5 Å². The van der Waals surface area contributed by atoms with Crippen LogP contribution in [0.15, 0.2) is 9.59 Å². The number of aromatic amines is 1. The van der Waals surface area contributed by atoms with Crippen molar-refractivity contribution in [3.63, 3.8) is 0 Å². The lowest BCUT2D eigenvalue weighted by Crippen LogP contribution is -2.29. The number of hydrogen-bond acceptors (Lipinski definition) is 8. The van der Waals surface area contributed by atoms with E-state index in [0.29, 0.717) is 12.8 Å². The van der Waals surface area contributed by atoms with E-state index in [1.165, 1.54) is 4.57 Å². The number of nitrogens with zero attached hydrogens (tertiary/aromatic N) is 2. The number of aliphatic hydroxyl groups excluding tert-OH is 1. The zero-order valence-corrected chi connectivity index (χ0v) is 15.7. The molecule has 1 saturated heterocycles. The highest BCUT2D eigenvalue weighted by atomic mass is 32.1. The Labute approximate surface area is 157 Å². The van der Waals surface area contributed by atoms with Crippen LogP contribution in [0.1, 0.15) is 39.3 Å². The first-order chi connectivity index (χ1) is 12.7. The van der Waals surface area contributed by atoms with E-state index in [0.717, 1.165) is 11.3 Å². The molecule has 0 amide bonds. The molecule has 148 valence electrons. The Kier molecular flexibility index (Phi) is 5.36. The van der Waals surface area contributed by atoms with Gasteiger partial charge in [-0.05, 0) is 18.8 Å². The third kappa shape index (κ3) is 3.62. The van der Waals surface area contributed by atoms with Crippen LogP contribution in [0.2, 0.25) is 0 Å². The van der Waals surface area contributed by atoms with Crippen LogP contribution in [-0.4, -0.2) is 42.9 Å². The van der Waals surface area contributed by atoms with Gasteiger partial charge in [-0.25, -0.2) is 0 Å². The van der Waals surface area contributed by atoms with E-state index < -0.39 is 34.8 Å². The predicted molar refractivity (Wildman–Crippen MR) is 98.6 cm³/mol. The maximum atomic E-state index is 12.6. The van der Waals surface area contributed by atoms with Crippen LogP contribution in [-0.2, 0) is 9.53 Å². The van der Waals surface area contributed by atoms with Crippen LogP contribution in [0, 0.1) is 11.8 Å². The van der Waals surface area contributed by atoms with Gasteiger partial charge in [0.05, 0.1) is 12.2 Å². The monoisotopic (exact) mass is 398 g/mol. The zero-order valence-electron chi connectivity index (χ0n) is 14.9. The fourth-order valence-corrected chi connectivity index (χ4v) is 4.44. The second-order valence-electron chi connectivity index (χ2n) is 6.86. The van der Waals surface area contributed by atoms with Crippen molar-refractivity contribution in [1.29, 1.82) is 0 Å². The summed E-state index contributed by atoms with van der Waals surface area (Å²) in [6.07, 6.45) is -1.36. The Morgan fingerprint density at radius 1 is 1.52 bits per heavy atom. The molecule has 27 heavy (non-hydrogen) atoms. The van der Waals surface area contributed by atoms with E-state index in [2.05, 4.69) is 9.97 Å². The van der Waals surface area contributed by atoms with Crippen LogP contribution in [0.3, 0.4) is 0 Å². The van der Waals surface area contributed by atoms with Gasteiger partial charge in [-0.15, -0.1) is 0 Å². The van der Waals surface area contributed by atoms with Crippen LogP contribution in [0.4, 0.5) is 5.95 Å². The fourth-order valence-electron chi connectivity index (χ4n) is 3.59. The van der Waals surface area contributed by atoms with Gasteiger partial charge in [-0.1, -0.05) is 25.2 Å². The van der Waals surface area contributed by atoms with Crippen molar-refractivity contribution in [2.24, 2.45) is 11.8 Å². The van der Waals surface area contributed by atoms with Crippen LogP contribution in [0.5, 0.6) is 0 Å². The average Bonchev–Trinajstić information content (AvgIpc) is 3.14. The molecule has 1 aliphatic rings. The summed E-state index contributed by atoms with van der Waals surface area (Å²) in [4.78, 5) is 41.9. The van der Waals surface area contributed by atoms with Gasteiger partial charge in [0.1, 0.15) is 10.9 Å². The minimum Gasteiger partial charge on any atom is -0.481 e. The van der Waals surface area contributed by atoms with Gasteiger partial charge < -0.3 is 20.7 Å². The quantitative estimate of drug-likeness (QED) is 0.547. The number of H-pyrrole nitrogens is 1. The summed E-state index contributed by atoms with van der Waals surface area (Å²) in [6.45, 7) is 3.58. The van der Waals surface area contributed by atoms with Gasteiger partial charge in [0.25, 0.3) is 5.56 Å². The number of fused-ring (bicyclic) bond motifs is 1. The highest BCUT2D eigenvalue weighted by Crippen LogP contribution is 2.42. The van der Waals surface area contributed by atoms with E-state index in [4.69, 9.17) is 15.6 Å². The number of ether oxygens (including phenoxy) is 1. The first-order valence-corrected chi connectivity index (χ1v) is 9.50. The standard InChI is InChI=1S/C16H22N4O6S/c1-3-8(21)9-5-7(6(2)4-10(22)23)14(26-9)20-12-11(27-16(20)25)13(24)19-15(17)18-12/h6-9,14,21H,3-5H2,1-2H3,(H,22,23)(H3,17,18,19,24)/t6-,7+,8+,9+,14-/m1/s1. The Morgan fingerprint density at radius 3 is 2.85 bits per heavy atom. The van der Waals surface area contributed by atoms with Crippen molar-refractivity contribution >= 4 is 33.6 Å². The van der Waals surface area contributed by atoms with Crippen LogP contribution < -0.4 is 16.2 Å². The molecule has 0 spiro atoms. The van der Waals surface area contributed by atoms with Gasteiger partial charge in [0.2, 0.25) is 5.95 Å². The van der Waals surface area contributed by atoms with Gasteiger partial charge in [0, 0.05) is 12.3 Å². The number of carbonyl (C=O) groups is 1. The second-order valence-corrected chi connectivity index (χ2v) is 7.82. The van der Waals surface area contributed by atoms with E-state index in [-0.39, 0.29) is 34.6 Å². The van der Waals surface area contributed by atoms with Gasteiger partial charge >= 0.3 is 10.8 Å². The molecule has 0 unspecified atom stereocenters. The largest absolute Gasteiger partial charge is 0.481 e. The third-order valence-corrected chi connectivity index (χ3v) is 5.95. The lowest BCUT2D eigenvalue weighted by molar-refractivity contribution is -0.138. The number of anilines is 1. The number of nitrogens with one attached hydrogen (secondary N) is 1. The molecule has 10 nitrogen and oxygen atoms in total. The normalized spacial score (nSPS) is 24.9. The molecule has 11 heteroatoms. The lowest BCUT2D eigenvalue weighted by atomic mass is 9.86. The number of rotatable bonds is 6. The number of nitrogen functional groups attached to an aromatic ring is 1. The number of carboxylic acids is 1. The van der Waals surface area contributed by atoms with Crippen molar-refractivity contribution in [2.45, 2.75) is 51.5 Å². The number of aliphatic hydroxyl groups is 1. The maximum Gasteiger partial charge on any atom is 0.311 e. The Bertz CT molecular complexity index is 966. The summed E-state index contributed by atoms with van der Waals surface area (Å²) in [5.74, 6) is -1.74. The summed E-state index contributed by atoms with van der Waals surface area (Å²) in [5, 5.41) is 19.4. The lowest BCUT2D eigenvalue weighted by Gasteiger charge is -2.24. The third-order valence-electron chi connectivity index (χ3n) is 5.01. The summed E-state index contributed by atoms with van der Waals surface area (Å²) in [6, 6.07) is 0. The highest BCUT2D eigenvalue weighted by molar-refractivity contribution is 7.16. The van der Waals surface area contributed by atoms with Crippen molar-refractivity contribution in [1.82, 2.24) is 14.5 Å². The number of hydrogen-bond donors (Lipinski definition) is 4. The molecular weight excluding hydrogens is 376 g/mol. The minimum absolute atomic E-state index is 0.105. The topological polar surface area (TPSA) is 161 Å². The van der Waals surface area contributed by atoms with Gasteiger partial charge in [-0.2, -0.15) is 4.98 Å². The van der Waals surface area contributed by atoms with E-state index >= 15 is 0 Å². The molecule has 3 rings (SSSR count). The molecule has 0 bridgehead atoms. The molecule has 0 aliphatic carbocycles. The molecule has 2 aromatic heterocycles. The molecule has 1 fully saturated rings. The Hall–Kier alpha value is -2.24. The molecule has 5 atom stereocenters. The summed E-state index contributed by atoms with van der Waals surface area (Å²) < 4.78 is 7.36. The molecular formula is C16H22N4O6S. The SMILES string of the molecule is CC[C@H](O)[C@@H]1C[C@@H]([C@H](C)CC(=O)O)[C@H](n2c(=O)sc3c(=O)[nH]c(N)nc32)O1. The summed E-state index contributed by atoms with van der Waals surface area (Å²) in [7, 11) is 0. The number of thiazole rings is 1. The van der Waals surface area contributed by atoms with Gasteiger partial charge in [0.15, 0.2) is 5.65 Å². The van der Waals surface area contributed by atoms with Crippen LogP contribution >= 0.6 is 11.3 Å². The predicted octanol–water partition coefficient (Wildman–Crippen LogP) is 0.514. The molecule has 2 aromatic rings. The Morgan fingerprint density at radius 2 is 2.22 bits per heavy atom. The average molecular weight is 398 g/mol. The molecule has 0 radical (unpaired) electrons. The number of nitrogens with two attached hydrogens (primary N) is 1. The molecule has 1 aliphatic heterocycles. The van der Waals surface area contributed by atoms with Gasteiger partial charge in [-0.3, -0.25) is 23.9 Å². The minimum atomic E-state index is -0.956. The number of aromatic nitrogens is 3. The molecule has 0 saturated carbocycles. The van der Waals surface area contributed by atoms with E-state index in [1.807, 2.05) is 6.92 Å². The molecule has 3 heterocycles. The first-order valence-electron chi connectivity index (χ1n) is 8.69. The van der Waals surface area contributed by atoms with Crippen molar-refractivity contribution < 1.29 is 19.7 Å². The summed E-state index contributed by atoms with van der Waals surface area (Å²) >= 11 is 0.731. The number of carboxylic acid groups (broad SMARTS) is 1. The highest BCUT2D eigenvalue weighted by Gasteiger charge is 2.43. The van der Waals surface area contributed by atoms with E-state index in [1.54, 1.807) is 6.92 Å².